The summed E-state index contributed by atoms with van der Waals surface area (Å²) in [5.41, 5.74) is 7.74. The van der Waals surface area contributed by atoms with Crippen LogP contribution >= 0.6 is 0 Å². The van der Waals surface area contributed by atoms with Crippen LogP contribution < -0.4 is 10.6 Å². The van der Waals surface area contributed by atoms with Crippen molar-refractivity contribution in [2.45, 2.75) is 6.54 Å². The second-order valence-electron chi connectivity index (χ2n) is 4.76. The summed E-state index contributed by atoms with van der Waals surface area (Å²) in [5.74, 6) is 0.522. The van der Waals surface area contributed by atoms with Gasteiger partial charge < -0.3 is 15.5 Å². The monoisotopic (exact) mass is 274 g/mol. The molecule has 7 heteroatoms. The van der Waals surface area contributed by atoms with Crippen molar-refractivity contribution < 1.29 is 4.79 Å². The number of benzene rings is 1. The molecule has 20 heavy (non-hydrogen) atoms. The van der Waals surface area contributed by atoms with Crippen LogP contribution in [0.4, 0.5) is 11.4 Å². The smallest absolute Gasteiger partial charge is 0.256 e. The highest BCUT2D eigenvalue weighted by Gasteiger charge is 2.18. The SMILES string of the molecule is CN(Cc1ncn[nH]1)C(=O)c1cc(N)ccc1N(C)C. The Kier molecular flexibility index (Phi) is 3.88. The molecule has 7 nitrogen and oxygen atoms in total. The van der Waals surface area contributed by atoms with Crippen molar-refractivity contribution in [2.75, 3.05) is 31.8 Å². The molecule has 0 aliphatic carbocycles. The van der Waals surface area contributed by atoms with E-state index in [0.717, 1.165) is 5.69 Å². The van der Waals surface area contributed by atoms with Crippen molar-refractivity contribution in [3.05, 3.63) is 35.9 Å². The molecule has 0 aliphatic rings. The summed E-state index contributed by atoms with van der Waals surface area (Å²) in [5, 5.41) is 6.50. The lowest BCUT2D eigenvalue weighted by Crippen LogP contribution is -2.28. The Morgan fingerprint density at radius 1 is 1.35 bits per heavy atom. The maximum absolute atomic E-state index is 12.5. The topological polar surface area (TPSA) is 91.1 Å². The highest BCUT2D eigenvalue weighted by atomic mass is 16.2. The number of nitrogens with one attached hydrogen (secondary N) is 1. The minimum absolute atomic E-state index is 0.114. The van der Waals surface area contributed by atoms with Crippen LogP contribution in [0.3, 0.4) is 0 Å². The maximum Gasteiger partial charge on any atom is 0.256 e. The van der Waals surface area contributed by atoms with Gasteiger partial charge in [0.25, 0.3) is 5.91 Å². The van der Waals surface area contributed by atoms with E-state index in [9.17, 15) is 4.79 Å². The van der Waals surface area contributed by atoms with Gasteiger partial charge in [0.15, 0.2) is 0 Å². The van der Waals surface area contributed by atoms with Gasteiger partial charge in [0.2, 0.25) is 0 Å². The molecular formula is C13H18N6O. The number of nitrogens with zero attached hydrogens (tertiary/aromatic N) is 4. The molecule has 1 amide bonds. The lowest BCUT2D eigenvalue weighted by Gasteiger charge is -2.21. The average molecular weight is 274 g/mol. The van der Waals surface area contributed by atoms with Crippen molar-refractivity contribution in [3.8, 4) is 0 Å². The van der Waals surface area contributed by atoms with Crippen molar-refractivity contribution >= 4 is 17.3 Å². The molecule has 0 fully saturated rings. The second kappa shape index (κ2) is 5.60. The molecule has 2 aromatic rings. The molecule has 0 saturated carbocycles. The van der Waals surface area contributed by atoms with E-state index in [4.69, 9.17) is 5.73 Å². The minimum Gasteiger partial charge on any atom is -0.399 e. The zero-order valence-electron chi connectivity index (χ0n) is 11.8. The minimum atomic E-state index is -0.114. The number of aromatic nitrogens is 3. The highest BCUT2D eigenvalue weighted by Crippen LogP contribution is 2.23. The van der Waals surface area contributed by atoms with Crippen LogP contribution in [0.2, 0.25) is 0 Å². The fourth-order valence-electron chi connectivity index (χ4n) is 1.92. The van der Waals surface area contributed by atoms with Gasteiger partial charge >= 0.3 is 0 Å². The van der Waals surface area contributed by atoms with Gasteiger partial charge in [0.1, 0.15) is 12.2 Å². The van der Waals surface area contributed by atoms with E-state index in [2.05, 4.69) is 15.2 Å². The Hall–Kier alpha value is -2.57. The van der Waals surface area contributed by atoms with Gasteiger partial charge in [-0.05, 0) is 18.2 Å². The zero-order valence-corrected chi connectivity index (χ0v) is 11.8. The Bertz CT molecular complexity index is 593. The lowest BCUT2D eigenvalue weighted by molar-refractivity contribution is 0.0782. The number of carbonyl (C=O) groups excluding carboxylic acids is 1. The number of hydrogen-bond donors (Lipinski definition) is 2. The first kappa shape index (κ1) is 13.9. The summed E-state index contributed by atoms with van der Waals surface area (Å²) < 4.78 is 0. The molecule has 1 aromatic heterocycles. The lowest BCUT2D eigenvalue weighted by atomic mass is 10.1. The van der Waals surface area contributed by atoms with Crippen LogP contribution in [0.15, 0.2) is 24.5 Å². The summed E-state index contributed by atoms with van der Waals surface area (Å²) >= 11 is 0. The zero-order chi connectivity index (χ0) is 14.7. The van der Waals surface area contributed by atoms with E-state index in [1.807, 2.05) is 25.1 Å². The molecule has 106 valence electrons. The van der Waals surface area contributed by atoms with Gasteiger partial charge in [-0.15, -0.1) is 0 Å². The second-order valence-corrected chi connectivity index (χ2v) is 4.76. The molecule has 0 saturated heterocycles. The van der Waals surface area contributed by atoms with E-state index in [0.29, 0.717) is 23.6 Å². The van der Waals surface area contributed by atoms with Gasteiger partial charge in [0, 0.05) is 32.5 Å². The number of H-pyrrole nitrogens is 1. The summed E-state index contributed by atoms with van der Waals surface area (Å²) in [7, 11) is 5.49. The van der Waals surface area contributed by atoms with Gasteiger partial charge in [-0.25, -0.2) is 4.98 Å². The van der Waals surface area contributed by atoms with Crippen molar-refractivity contribution in [1.29, 1.82) is 0 Å². The number of amides is 1. The Morgan fingerprint density at radius 2 is 2.10 bits per heavy atom. The molecule has 3 N–H and O–H groups in total. The van der Waals surface area contributed by atoms with Gasteiger partial charge in [-0.1, -0.05) is 0 Å². The number of aromatic amines is 1. The number of anilines is 2. The van der Waals surface area contributed by atoms with Crippen LogP contribution in [-0.4, -0.2) is 47.1 Å². The third-order valence-electron chi connectivity index (χ3n) is 2.93. The Morgan fingerprint density at radius 3 is 2.70 bits per heavy atom. The van der Waals surface area contributed by atoms with Crippen LogP contribution in [0.25, 0.3) is 0 Å². The summed E-state index contributed by atoms with van der Waals surface area (Å²) in [4.78, 5) is 20.0. The van der Waals surface area contributed by atoms with E-state index in [1.165, 1.54) is 6.33 Å². The van der Waals surface area contributed by atoms with Crippen molar-refractivity contribution in [2.24, 2.45) is 0 Å². The highest BCUT2D eigenvalue weighted by molar-refractivity contribution is 6.00. The molecule has 0 radical (unpaired) electrons. The molecular weight excluding hydrogens is 256 g/mol. The van der Waals surface area contributed by atoms with Gasteiger partial charge in [0.05, 0.1) is 12.1 Å². The predicted molar refractivity (Wildman–Crippen MR) is 77.4 cm³/mol. The van der Waals surface area contributed by atoms with Gasteiger partial charge in [-0.2, -0.15) is 5.10 Å². The van der Waals surface area contributed by atoms with Crippen LogP contribution in [0.1, 0.15) is 16.2 Å². The number of nitrogen functional groups attached to an aromatic ring is 1. The number of rotatable bonds is 4. The Labute approximate surface area is 117 Å². The van der Waals surface area contributed by atoms with E-state index >= 15 is 0 Å². The third-order valence-corrected chi connectivity index (χ3v) is 2.93. The molecule has 1 heterocycles. The molecule has 0 aliphatic heterocycles. The van der Waals surface area contributed by atoms with Crippen LogP contribution in [-0.2, 0) is 6.54 Å². The Balaban J connectivity index is 2.25. The van der Waals surface area contributed by atoms with Gasteiger partial charge in [-0.3, -0.25) is 9.89 Å². The molecule has 0 unspecified atom stereocenters. The summed E-state index contributed by atoms with van der Waals surface area (Å²) in [6.45, 7) is 0.362. The molecule has 0 bridgehead atoms. The third kappa shape index (κ3) is 2.87. The van der Waals surface area contributed by atoms with Crippen molar-refractivity contribution in [1.82, 2.24) is 20.1 Å². The predicted octanol–water partition coefficient (Wildman–Crippen LogP) is 0.725. The molecule has 0 spiro atoms. The maximum atomic E-state index is 12.5. The summed E-state index contributed by atoms with van der Waals surface area (Å²) in [6, 6.07) is 5.31. The average Bonchev–Trinajstić information content (AvgIpc) is 2.90. The fourth-order valence-corrected chi connectivity index (χ4v) is 1.92. The molecule has 1 aromatic carbocycles. The summed E-state index contributed by atoms with van der Waals surface area (Å²) in [6.07, 6.45) is 1.42. The van der Waals surface area contributed by atoms with Crippen LogP contribution in [0, 0.1) is 0 Å². The first-order valence-corrected chi connectivity index (χ1v) is 6.15. The fraction of sp³-hybridized carbons (Fsp3) is 0.308. The largest absolute Gasteiger partial charge is 0.399 e. The standard InChI is InChI=1S/C13H18N6O/c1-18(2)11-5-4-9(14)6-10(11)13(20)19(3)7-12-15-8-16-17-12/h4-6,8H,7,14H2,1-3H3,(H,15,16,17). The molecule has 2 rings (SSSR count). The first-order chi connectivity index (χ1) is 9.49. The van der Waals surface area contributed by atoms with Crippen molar-refractivity contribution in [3.63, 3.8) is 0 Å². The normalized spacial score (nSPS) is 10.3. The molecule has 0 atom stereocenters. The number of hydrogen-bond acceptors (Lipinski definition) is 5. The van der Waals surface area contributed by atoms with E-state index in [1.54, 1.807) is 24.1 Å². The van der Waals surface area contributed by atoms with Crippen LogP contribution in [0.5, 0.6) is 0 Å². The first-order valence-electron chi connectivity index (χ1n) is 6.15. The number of carbonyl (C=O) groups is 1. The number of nitrogens with two attached hydrogens (primary N) is 1. The van der Waals surface area contributed by atoms with E-state index < -0.39 is 0 Å². The van der Waals surface area contributed by atoms with E-state index in [-0.39, 0.29) is 5.91 Å². The quantitative estimate of drug-likeness (QED) is 0.802.